The van der Waals surface area contributed by atoms with Gasteiger partial charge in [0.05, 0.1) is 18.4 Å². The number of hydrogen-bond acceptors (Lipinski definition) is 5. The van der Waals surface area contributed by atoms with Crippen LogP contribution in [0.2, 0.25) is 5.02 Å². The summed E-state index contributed by atoms with van der Waals surface area (Å²) < 4.78 is 5.26. The van der Waals surface area contributed by atoms with Crippen molar-refractivity contribution in [1.29, 1.82) is 0 Å². The van der Waals surface area contributed by atoms with Crippen LogP contribution in [0, 0.1) is 0 Å². The van der Waals surface area contributed by atoms with Crippen molar-refractivity contribution in [3.05, 3.63) is 47.5 Å². The Bertz CT molecular complexity index is 548. The van der Waals surface area contributed by atoms with Gasteiger partial charge in [0.1, 0.15) is 6.10 Å². The third-order valence-corrected chi connectivity index (χ3v) is 3.99. The lowest BCUT2D eigenvalue weighted by molar-refractivity contribution is 0.00581. The Hall–Kier alpha value is -1.40. The van der Waals surface area contributed by atoms with Crippen LogP contribution in [0.5, 0.6) is 0 Å². The van der Waals surface area contributed by atoms with E-state index >= 15 is 0 Å². The zero-order chi connectivity index (χ0) is 17.4. The molecule has 132 valence electrons. The number of aliphatic hydroxyl groups is 1. The molecule has 0 amide bonds. The number of benzene rings is 1. The number of aliphatic hydroxyl groups excluding tert-OH is 1. The van der Waals surface area contributed by atoms with E-state index in [1.165, 1.54) is 0 Å². The monoisotopic (exact) mass is 352 g/mol. The molecule has 0 aromatic heterocycles. The van der Waals surface area contributed by atoms with Crippen LogP contribution in [-0.4, -0.2) is 60.8 Å². The summed E-state index contributed by atoms with van der Waals surface area (Å²) in [5.41, 5.74) is 1.94. The first-order valence-electron chi connectivity index (χ1n) is 8.20. The quantitative estimate of drug-likeness (QED) is 0.658. The number of nitrogens with zero attached hydrogens (tertiary/aromatic N) is 2. The van der Waals surface area contributed by atoms with E-state index in [0.29, 0.717) is 37.9 Å². The van der Waals surface area contributed by atoms with Gasteiger partial charge in [0, 0.05) is 37.7 Å². The van der Waals surface area contributed by atoms with Gasteiger partial charge in [-0.25, -0.2) is 0 Å². The van der Waals surface area contributed by atoms with E-state index < -0.39 is 6.10 Å². The molecule has 2 atom stereocenters. The van der Waals surface area contributed by atoms with Crippen LogP contribution in [0.1, 0.15) is 18.9 Å². The van der Waals surface area contributed by atoms with Crippen molar-refractivity contribution < 1.29 is 14.7 Å². The van der Waals surface area contributed by atoms with E-state index in [-0.39, 0.29) is 6.10 Å². The Kier molecular flexibility index (Phi) is 7.72. The van der Waals surface area contributed by atoms with E-state index in [4.69, 9.17) is 21.2 Å². The van der Waals surface area contributed by atoms with Gasteiger partial charge in [0.15, 0.2) is 0 Å². The number of rotatable bonds is 10. The number of ether oxygens (including phenoxy) is 1. The van der Waals surface area contributed by atoms with Crippen LogP contribution in [0.4, 0.5) is 0 Å². The molecule has 24 heavy (non-hydrogen) atoms. The second-order valence-corrected chi connectivity index (χ2v) is 6.23. The van der Waals surface area contributed by atoms with Gasteiger partial charge in [-0.2, -0.15) is 0 Å². The van der Waals surface area contributed by atoms with Gasteiger partial charge >= 0.3 is 0 Å². The Labute approximate surface area is 148 Å². The number of hydrogen-bond donors (Lipinski definition) is 1. The molecule has 0 spiro atoms. The largest absolute Gasteiger partial charge is 0.390 e. The van der Waals surface area contributed by atoms with Crippen LogP contribution >= 0.6 is 11.6 Å². The van der Waals surface area contributed by atoms with Gasteiger partial charge in [0.25, 0.3) is 0 Å². The molecule has 0 fully saturated rings. The SMILES string of the molecule is C=CCN(C[C@H](O)COCC)C[C@@H]1CC(c2ccc(Cl)cc2)=NO1. The maximum atomic E-state index is 10.0. The number of halogens is 1. The predicted octanol–water partition coefficient (Wildman–Crippen LogP) is 2.72. The first-order chi connectivity index (χ1) is 11.6. The topological polar surface area (TPSA) is 54.3 Å². The molecular formula is C18H25ClN2O3. The van der Waals surface area contributed by atoms with Gasteiger partial charge in [0.2, 0.25) is 0 Å². The lowest BCUT2D eigenvalue weighted by Crippen LogP contribution is -2.39. The summed E-state index contributed by atoms with van der Waals surface area (Å²) in [6, 6.07) is 7.59. The van der Waals surface area contributed by atoms with Gasteiger partial charge < -0.3 is 14.7 Å². The summed E-state index contributed by atoms with van der Waals surface area (Å²) in [7, 11) is 0. The fraction of sp³-hybridized carbons (Fsp3) is 0.500. The van der Waals surface area contributed by atoms with Crippen LogP contribution in [0.25, 0.3) is 0 Å². The zero-order valence-electron chi connectivity index (χ0n) is 14.0. The van der Waals surface area contributed by atoms with Crippen LogP contribution < -0.4 is 0 Å². The minimum absolute atomic E-state index is 0.0325. The highest BCUT2D eigenvalue weighted by Crippen LogP contribution is 2.19. The summed E-state index contributed by atoms with van der Waals surface area (Å²) in [5.74, 6) is 0. The van der Waals surface area contributed by atoms with Crippen molar-refractivity contribution in [2.24, 2.45) is 5.16 Å². The minimum atomic E-state index is -0.525. The highest BCUT2D eigenvalue weighted by atomic mass is 35.5. The molecule has 2 rings (SSSR count). The molecule has 1 N–H and O–H groups in total. The summed E-state index contributed by atoms with van der Waals surface area (Å²) in [4.78, 5) is 7.65. The maximum absolute atomic E-state index is 10.0. The second kappa shape index (κ2) is 9.79. The molecule has 1 aromatic carbocycles. The molecule has 0 saturated heterocycles. The second-order valence-electron chi connectivity index (χ2n) is 5.80. The standard InChI is InChI=1S/C18H25ClN2O3/c1-3-9-21(11-16(22)13-23-4-2)12-17-10-18(20-24-17)14-5-7-15(19)8-6-14/h3,5-8,16-17,22H,1,4,9-13H2,2H3/t16-,17-/m0/s1. The molecule has 5 nitrogen and oxygen atoms in total. The van der Waals surface area contributed by atoms with Crippen molar-refractivity contribution in [2.75, 3.05) is 32.8 Å². The summed E-state index contributed by atoms with van der Waals surface area (Å²) in [6.07, 6.45) is 2.00. The Morgan fingerprint density at radius 1 is 1.50 bits per heavy atom. The molecule has 0 unspecified atom stereocenters. The van der Waals surface area contributed by atoms with Crippen molar-refractivity contribution in [3.8, 4) is 0 Å². The smallest absolute Gasteiger partial charge is 0.145 e. The van der Waals surface area contributed by atoms with E-state index in [0.717, 1.165) is 17.7 Å². The molecule has 1 heterocycles. The molecule has 1 aliphatic rings. The predicted molar refractivity (Wildman–Crippen MR) is 96.6 cm³/mol. The van der Waals surface area contributed by atoms with E-state index in [2.05, 4.69) is 16.6 Å². The Morgan fingerprint density at radius 2 is 2.25 bits per heavy atom. The van der Waals surface area contributed by atoms with Gasteiger partial charge in [-0.3, -0.25) is 4.90 Å². The molecular weight excluding hydrogens is 328 g/mol. The fourth-order valence-electron chi connectivity index (χ4n) is 2.64. The normalized spacial score (nSPS) is 18.3. The van der Waals surface area contributed by atoms with Crippen molar-refractivity contribution in [1.82, 2.24) is 4.90 Å². The number of oxime groups is 1. The highest BCUT2D eigenvalue weighted by Gasteiger charge is 2.25. The lowest BCUT2D eigenvalue weighted by Gasteiger charge is -2.25. The fourth-order valence-corrected chi connectivity index (χ4v) is 2.76. The minimum Gasteiger partial charge on any atom is -0.390 e. The van der Waals surface area contributed by atoms with Crippen molar-refractivity contribution in [2.45, 2.75) is 25.6 Å². The summed E-state index contributed by atoms with van der Waals surface area (Å²) >= 11 is 5.91. The third-order valence-electron chi connectivity index (χ3n) is 3.74. The first-order valence-corrected chi connectivity index (χ1v) is 8.57. The first kappa shape index (κ1) is 18.9. The van der Waals surface area contributed by atoms with E-state index in [1.54, 1.807) is 0 Å². The summed E-state index contributed by atoms with van der Waals surface area (Å²) in [5, 5.41) is 14.9. The Balaban J connectivity index is 1.85. The molecule has 0 aliphatic carbocycles. The van der Waals surface area contributed by atoms with Crippen LogP contribution in [0.15, 0.2) is 42.1 Å². The van der Waals surface area contributed by atoms with Gasteiger partial charge in [-0.15, -0.1) is 6.58 Å². The Morgan fingerprint density at radius 3 is 2.92 bits per heavy atom. The summed E-state index contributed by atoms with van der Waals surface area (Å²) in [6.45, 7) is 8.50. The van der Waals surface area contributed by atoms with E-state index in [9.17, 15) is 5.11 Å². The van der Waals surface area contributed by atoms with Crippen molar-refractivity contribution >= 4 is 17.3 Å². The molecule has 6 heteroatoms. The molecule has 0 radical (unpaired) electrons. The van der Waals surface area contributed by atoms with Crippen LogP contribution in [0.3, 0.4) is 0 Å². The maximum Gasteiger partial charge on any atom is 0.145 e. The van der Waals surface area contributed by atoms with Gasteiger partial charge in [-0.1, -0.05) is 35.0 Å². The highest BCUT2D eigenvalue weighted by molar-refractivity contribution is 6.30. The van der Waals surface area contributed by atoms with E-state index in [1.807, 2.05) is 37.3 Å². The molecule has 0 bridgehead atoms. The van der Waals surface area contributed by atoms with Crippen molar-refractivity contribution in [3.63, 3.8) is 0 Å². The van der Waals surface area contributed by atoms with Gasteiger partial charge in [-0.05, 0) is 24.6 Å². The molecule has 1 aliphatic heterocycles. The lowest BCUT2D eigenvalue weighted by atomic mass is 10.0. The molecule has 0 saturated carbocycles. The average molecular weight is 353 g/mol. The molecule has 1 aromatic rings. The average Bonchev–Trinajstić information content (AvgIpc) is 3.02. The third kappa shape index (κ3) is 5.91. The zero-order valence-corrected chi connectivity index (χ0v) is 14.8. The van der Waals surface area contributed by atoms with Crippen LogP contribution in [-0.2, 0) is 9.57 Å².